The summed E-state index contributed by atoms with van der Waals surface area (Å²) < 4.78 is 13.5. The van der Waals surface area contributed by atoms with Crippen LogP contribution in [0.4, 0.5) is 4.39 Å². The topological polar surface area (TPSA) is 104 Å². The van der Waals surface area contributed by atoms with Gasteiger partial charge in [-0.1, -0.05) is 18.2 Å². The quantitative estimate of drug-likeness (QED) is 0.387. The number of aromatic amines is 1. The summed E-state index contributed by atoms with van der Waals surface area (Å²) in [5.41, 5.74) is 8.89. The first kappa shape index (κ1) is 22.7. The van der Waals surface area contributed by atoms with Crippen LogP contribution in [0.15, 0.2) is 54.7 Å². The Morgan fingerprint density at radius 3 is 2.64 bits per heavy atom. The second-order valence-corrected chi connectivity index (χ2v) is 10.1. The van der Waals surface area contributed by atoms with E-state index in [-0.39, 0.29) is 23.7 Å². The zero-order chi connectivity index (χ0) is 24.9. The molecular weight excluding hydrogens is 457 g/mol. The average molecular weight is 486 g/mol. The molecule has 2 aromatic carbocycles. The van der Waals surface area contributed by atoms with Crippen LogP contribution in [-0.2, 0) is 16.8 Å². The summed E-state index contributed by atoms with van der Waals surface area (Å²) in [5, 5.41) is 5.13. The van der Waals surface area contributed by atoms with Gasteiger partial charge in [0.25, 0.3) is 5.91 Å². The maximum Gasteiger partial charge on any atom is 0.251 e. The lowest BCUT2D eigenvalue weighted by Crippen LogP contribution is -2.44. The number of nitrogens with two attached hydrogens (primary N) is 1. The Hall–Kier alpha value is -3.78. The predicted octanol–water partition coefficient (Wildman–Crippen LogP) is 3.77. The number of aromatic nitrogens is 2. The van der Waals surface area contributed by atoms with Crippen LogP contribution in [0.5, 0.6) is 0 Å². The largest absolute Gasteiger partial charge is 0.369 e. The molecule has 36 heavy (non-hydrogen) atoms. The van der Waals surface area contributed by atoms with Gasteiger partial charge in [0.15, 0.2) is 0 Å². The molecule has 0 unspecified atom stereocenters. The van der Waals surface area contributed by atoms with Crippen LogP contribution in [0.1, 0.15) is 47.3 Å². The van der Waals surface area contributed by atoms with Crippen molar-refractivity contribution in [3.63, 3.8) is 0 Å². The summed E-state index contributed by atoms with van der Waals surface area (Å²) in [4.78, 5) is 35.3. The molecule has 8 heteroatoms. The number of carbonyl (C=O) groups excluding carboxylic acids is 2. The standard InChI is InChI=1S/C28H28FN5O2/c29-19-3-1-2-17(14-19)16-34-12-7-20(8-13-34)32-26(35)18-4-5-21-22-6-11-31-25(24(22)33-23(21)15-18)28(9-10-28)27(30)36/h1-6,11,14-15,20,33H,7-10,12-13,16H2,(H2,30,36)(H,32,35). The number of benzene rings is 2. The molecule has 2 aliphatic rings. The number of fused-ring (bicyclic) bond motifs is 3. The summed E-state index contributed by atoms with van der Waals surface area (Å²) >= 11 is 0. The number of hydrogen-bond donors (Lipinski definition) is 3. The molecule has 3 heterocycles. The van der Waals surface area contributed by atoms with Crippen molar-refractivity contribution in [2.24, 2.45) is 5.73 Å². The second-order valence-electron chi connectivity index (χ2n) is 10.1. The molecule has 1 aliphatic heterocycles. The van der Waals surface area contributed by atoms with Crippen molar-refractivity contribution in [3.8, 4) is 0 Å². The van der Waals surface area contributed by atoms with Gasteiger partial charge in [-0.05, 0) is 61.6 Å². The molecule has 6 rings (SSSR count). The molecule has 1 saturated heterocycles. The van der Waals surface area contributed by atoms with Gasteiger partial charge in [-0.2, -0.15) is 0 Å². The zero-order valence-corrected chi connectivity index (χ0v) is 19.9. The molecule has 2 aromatic heterocycles. The van der Waals surface area contributed by atoms with E-state index in [1.165, 1.54) is 6.07 Å². The van der Waals surface area contributed by atoms with E-state index < -0.39 is 5.41 Å². The number of rotatable bonds is 6. The van der Waals surface area contributed by atoms with Gasteiger partial charge in [0.05, 0.1) is 16.6 Å². The maximum absolute atomic E-state index is 13.5. The predicted molar refractivity (Wildman–Crippen MR) is 136 cm³/mol. The molecule has 0 radical (unpaired) electrons. The third-order valence-electron chi connectivity index (χ3n) is 7.68. The van der Waals surface area contributed by atoms with Crippen LogP contribution < -0.4 is 11.1 Å². The Morgan fingerprint density at radius 2 is 1.92 bits per heavy atom. The van der Waals surface area contributed by atoms with Gasteiger partial charge in [-0.15, -0.1) is 0 Å². The highest BCUT2D eigenvalue weighted by Gasteiger charge is 2.52. The number of likely N-dealkylation sites (tertiary alicyclic amines) is 1. The molecule has 7 nitrogen and oxygen atoms in total. The molecule has 0 bridgehead atoms. The number of nitrogens with zero attached hydrogens (tertiary/aromatic N) is 2. The van der Waals surface area contributed by atoms with Gasteiger partial charge in [0.1, 0.15) is 5.82 Å². The van der Waals surface area contributed by atoms with Crippen molar-refractivity contribution in [1.82, 2.24) is 20.2 Å². The fourth-order valence-electron chi connectivity index (χ4n) is 5.46. The number of amides is 2. The number of piperidine rings is 1. The van der Waals surface area contributed by atoms with Crippen LogP contribution in [0.3, 0.4) is 0 Å². The summed E-state index contributed by atoms with van der Waals surface area (Å²) in [5.74, 6) is -0.662. The van der Waals surface area contributed by atoms with Gasteiger partial charge in [-0.3, -0.25) is 19.5 Å². The first-order valence-electron chi connectivity index (χ1n) is 12.4. The SMILES string of the molecule is NC(=O)C1(c2nccc3c2[nH]c2cc(C(=O)NC4CCN(Cc5cccc(F)c5)CC4)ccc23)CC1. The first-order chi connectivity index (χ1) is 17.4. The fourth-order valence-corrected chi connectivity index (χ4v) is 5.46. The highest BCUT2D eigenvalue weighted by atomic mass is 19.1. The molecular formula is C28H28FN5O2. The number of hydrogen-bond acceptors (Lipinski definition) is 4. The Labute approximate surface area is 207 Å². The van der Waals surface area contributed by atoms with Crippen molar-refractivity contribution in [1.29, 1.82) is 0 Å². The van der Waals surface area contributed by atoms with Gasteiger partial charge >= 0.3 is 0 Å². The van der Waals surface area contributed by atoms with E-state index >= 15 is 0 Å². The van der Waals surface area contributed by atoms with Crippen molar-refractivity contribution in [2.45, 2.75) is 43.7 Å². The Bertz CT molecular complexity index is 1480. The van der Waals surface area contributed by atoms with Gasteiger partial charge < -0.3 is 16.0 Å². The number of carbonyl (C=O) groups is 2. The van der Waals surface area contributed by atoms with Crippen LogP contribution in [0.25, 0.3) is 21.8 Å². The lowest BCUT2D eigenvalue weighted by Gasteiger charge is -2.32. The lowest BCUT2D eigenvalue weighted by atomic mass is 9.98. The van der Waals surface area contributed by atoms with Crippen LogP contribution in [0, 0.1) is 5.82 Å². The summed E-state index contributed by atoms with van der Waals surface area (Å²) in [6, 6.07) is 14.4. The average Bonchev–Trinajstić information content (AvgIpc) is 3.60. The Morgan fingerprint density at radius 1 is 1.11 bits per heavy atom. The molecule has 4 aromatic rings. The number of primary amides is 1. The molecule has 4 N–H and O–H groups in total. The van der Waals surface area contributed by atoms with Gasteiger partial charge in [0.2, 0.25) is 5.91 Å². The maximum atomic E-state index is 13.5. The minimum absolute atomic E-state index is 0.0979. The van der Waals surface area contributed by atoms with Crippen LogP contribution in [0.2, 0.25) is 0 Å². The lowest BCUT2D eigenvalue weighted by molar-refractivity contribution is -0.120. The fraction of sp³-hybridized carbons (Fsp3) is 0.321. The Balaban J connectivity index is 1.15. The van der Waals surface area contributed by atoms with E-state index in [1.54, 1.807) is 18.3 Å². The van der Waals surface area contributed by atoms with E-state index in [2.05, 4.69) is 20.2 Å². The smallest absolute Gasteiger partial charge is 0.251 e. The van der Waals surface area contributed by atoms with E-state index in [0.717, 1.165) is 53.3 Å². The molecule has 2 fully saturated rings. The van der Waals surface area contributed by atoms with Crippen molar-refractivity contribution < 1.29 is 14.0 Å². The molecule has 1 saturated carbocycles. The number of nitrogens with one attached hydrogen (secondary N) is 2. The minimum Gasteiger partial charge on any atom is -0.369 e. The van der Waals surface area contributed by atoms with Gasteiger partial charge in [-0.25, -0.2) is 4.39 Å². The zero-order valence-electron chi connectivity index (χ0n) is 19.9. The van der Waals surface area contributed by atoms with Crippen LogP contribution in [-0.4, -0.2) is 45.8 Å². The van der Waals surface area contributed by atoms with E-state index in [0.29, 0.717) is 30.6 Å². The highest BCUT2D eigenvalue weighted by molar-refractivity contribution is 6.11. The number of halogens is 1. The van der Waals surface area contributed by atoms with E-state index in [9.17, 15) is 14.0 Å². The highest BCUT2D eigenvalue weighted by Crippen LogP contribution is 2.49. The Kier molecular flexibility index (Phi) is 5.48. The summed E-state index contributed by atoms with van der Waals surface area (Å²) in [6.07, 6.45) is 4.83. The van der Waals surface area contributed by atoms with Crippen molar-refractivity contribution in [3.05, 3.63) is 77.4 Å². The summed E-state index contributed by atoms with van der Waals surface area (Å²) in [6.45, 7) is 2.41. The second kappa shape index (κ2) is 8.71. The molecule has 184 valence electrons. The minimum atomic E-state index is -0.690. The number of pyridine rings is 1. The number of H-pyrrole nitrogens is 1. The third kappa shape index (κ3) is 4.01. The van der Waals surface area contributed by atoms with Gasteiger partial charge in [0, 0.05) is 53.7 Å². The van der Waals surface area contributed by atoms with Crippen LogP contribution >= 0.6 is 0 Å². The summed E-state index contributed by atoms with van der Waals surface area (Å²) in [7, 11) is 0. The molecule has 1 aliphatic carbocycles. The molecule has 2 amide bonds. The van der Waals surface area contributed by atoms with E-state index in [4.69, 9.17) is 5.73 Å². The molecule has 0 atom stereocenters. The van der Waals surface area contributed by atoms with Crippen molar-refractivity contribution >= 4 is 33.6 Å². The first-order valence-corrected chi connectivity index (χ1v) is 12.4. The van der Waals surface area contributed by atoms with E-state index in [1.807, 2.05) is 30.3 Å². The normalized spacial score (nSPS) is 17.9. The van der Waals surface area contributed by atoms with Crippen molar-refractivity contribution in [2.75, 3.05) is 13.1 Å². The molecule has 0 spiro atoms. The third-order valence-corrected chi connectivity index (χ3v) is 7.68. The monoisotopic (exact) mass is 485 g/mol.